The molecule has 1 amide bonds. The molecule has 0 unspecified atom stereocenters. The fraction of sp³-hybridized carbons (Fsp3) is 0.333. The van der Waals surface area contributed by atoms with Crippen molar-refractivity contribution in [3.05, 3.63) is 47.5 Å². The molecular formula is C21H23N3O4S2. The summed E-state index contributed by atoms with van der Waals surface area (Å²) in [6, 6.07) is 10.3. The molecule has 0 aliphatic carbocycles. The molecule has 4 rings (SSSR count). The van der Waals surface area contributed by atoms with E-state index in [-0.39, 0.29) is 10.5 Å². The number of hydrogen-bond donors (Lipinski definition) is 1. The maximum absolute atomic E-state index is 13.0. The van der Waals surface area contributed by atoms with Gasteiger partial charge in [-0.15, -0.1) is 0 Å². The molecule has 1 aliphatic rings. The summed E-state index contributed by atoms with van der Waals surface area (Å²) < 4.78 is 33.8. The van der Waals surface area contributed by atoms with Crippen molar-refractivity contribution in [3.8, 4) is 5.75 Å². The Morgan fingerprint density at radius 1 is 1.13 bits per heavy atom. The number of ether oxygens (including phenoxy) is 1. The number of hydrogen-bond acceptors (Lipinski definition) is 6. The van der Waals surface area contributed by atoms with Crippen molar-refractivity contribution >= 4 is 42.6 Å². The Hall–Kier alpha value is -2.49. The number of nitrogens with zero attached hydrogens (tertiary/aromatic N) is 2. The van der Waals surface area contributed by atoms with Crippen LogP contribution in [0.1, 0.15) is 35.2 Å². The van der Waals surface area contributed by atoms with Gasteiger partial charge in [0, 0.05) is 13.1 Å². The van der Waals surface area contributed by atoms with Gasteiger partial charge in [-0.25, -0.2) is 13.4 Å². The molecule has 1 saturated heterocycles. The minimum Gasteiger partial charge on any atom is -0.496 e. The summed E-state index contributed by atoms with van der Waals surface area (Å²) in [4.78, 5) is 17.5. The van der Waals surface area contributed by atoms with E-state index in [9.17, 15) is 13.2 Å². The van der Waals surface area contributed by atoms with Gasteiger partial charge in [-0.3, -0.25) is 10.1 Å². The molecular weight excluding hydrogens is 422 g/mol. The Kier molecular flexibility index (Phi) is 5.77. The summed E-state index contributed by atoms with van der Waals surface area (Å²) in [5.41, 5.74) is 2.07. The van der Waals surface area contributed by atoms with Crippen LogP contribution in [-0.2, 0) is 10.0 Å². The van der Waals surface area contributed by atoms with Gasteiger partial charge in [0.05, 0.1) is 27.8 Å². The van der Waals surface area contributed by atoms with Crippen molar-refractivity contribution in [2.75, 3.05) is 25.5 Å². The van der Waals surface area contributed by atoms with Crippen LogP contribution in [0.5, 0.6) is 5.75 Å². The SMILES string of the molecule is COc1ccc(S(=O)(=O)N2CCCCC2)cc1C(=O)Nc1nc2ccc(C)cc2s1. The van der Waals surface area contributed by atoms with E-state index in [0.717, 1.165) is 35.0 Å². The summed E-state index contributed by atoms with van der Waals surface area (Å²) in [7, 11) is -2.21. The second kappa shape index (κ2) is 8.33. The number of benzene rings is 2. The third-order valence-corrected chi connectivity index (χ3v) is 7.96. The molecule has 1 fully saturated rings. The van der Waals surface area contributed by atoms with Crippen molar-refractivity contribution in [3.63, 3.8) is 0 Å². The van der Waals surface area contributed by atoms with Crippen LogP contribution in [0.3, 0.4) is 0 Å². The fourth-order valence-corrected chi connectivity index (χ4v) is 6.03. The van der Waals surface area contributed by atoms with Gasteiger partial charge in [0.1, 0.15) is 5.75 Å². The molecule has 3 aromatic rings. The topological polar surface area (TPSA) is 88.6 Å². The van der Waals surface area contributed by atoms with E-state index >= 15 is 0 Å². The number of carbonyl (C=O) groups excluding carboxylic acids is 1. The number of carbonyl (C=O) groups is 1. The van der Waals surface area contributed by atoms with E-state index in [1.54, 1.807) is 0 Å². The normalized spacial score (nSPS) is 15.3. The zero-order valence-electron chi connectivity index (χ0n) is 16.8. The first kappa shape index (κ1) is 20.8. The molecule has 1 N–H and O–H groups in total. The van der Waals surface area contributed by atoms with Gasteiger partial charge >= 0.3 is 0 Å². The molecule has 158 valence electrons. The van der Waals surface area contributed by atoms with Gasteiger partial charge in [-0.05, 0) is 55.7 Å². The average Bonchev–Trinajstić information content (AvgIpc) is 3.15. The highest BCUT2D eigenvalue weighted by atomic mass is 32.2. The Morgan fingerprint density at radius 2 is 1.90 bits per heavy atom. The molecule has 2 aromatic carbocycles. The number of anilines is 1. The number of aryl methyl sites for hydroxylation is 1. The number of piperidine rings is 1. The first-order valence-corrected chi connectivity index (χ1v) is 12.0. The molecule has 7 nitrogen and oxygen atoms in total. The molecule has 0 radical (unpaired) electrons. The molecule has 9 heteroatoms. The maximum atomic E-state index is 13.0. The molecule has 0 saturated carbocycles. The van der Waals surface area contributed by atoms with Gasteiger partial charge in [0.2, 0.25) is 10.0 Å². The Bertz CT molecular complexity index is 1200. The van der Waals surface area contributed by atoms with Crippen LogP contribution >= 0.6 is 11.3 Å². The predicted octanol–water partition coefficient (Wildman–Crippen LogP) is 4.04. The zero-order chi connectivity index (χ0) is 21.3. The second-order valence-corrected chi connectivity index (χ2v) is 10.2. The largest absolute Gasteiger partial charge is 0.496 e. The summed E-state index contributed by atoms with van der Waals surface area (Å²) in [6.07, 6.45) is 2.73. The van der Waals surface area contributed by atoms with Crippen molar-refractivity contribution < 1.29 is 17.9 Å². The van der Waals surface area contributed by atoms with Gasteiger partial charge in [-0.2, -0.15) is 4.31 Å². The molecule has 0 atom stereocenters. The number of methoxy groups -OCH3 is 1. The van der Waals surface area contributed by atoms with E-state index in [2.05, 4.69) is 10.3 Å². The second-order valence-electron chi connectivity index (χ2n) is 7.27. The third-order valence-electron chi connectivity index (χ3n) is 5.13. The summed E-state index contributed by atoms with van der Waals surface area (Å²) in [5.74, 6) is -0.152. The zero-order valence-corrected chi connectivity index (χ0v) is 18.5. The molecule has 2 heterocycles. The molecule has 1 aliphatic heterocycles. The molecule has 0 spiro atoms. The number of sulfonamides is 1. The fourth-order valence-electron chi connectivity index (χ4n) is 3.53. The van der Waals surface area contributed by atoms with E-state index in [1.165, 1.54) is 41.0 Å². The number of thiazole rings is 1. The van der Waals surface area contributed by atoms with Crippen molar-refractivity contribution in [1.82, 2.24) is 9.29 Å². The van der Waals surface area contributed by atoms with Crippen LogP contribution in [0.4, 0.5) is 5.13 Å². The van der Waals surface area contributed by atoms with Crippen molar-refractivity contribution in [2.24, 2.45) is 0 Å². The number of aromatic nitrogens is 1. The highest BCUT2D eigenvalue weighted by Gasteiger charge is 2.27. The number of nitrogens with one attached hydrogen (secondary N) is 1. The smallest absolute Gasteiger partial charge is 0.261 e. The van der Waals surface area contributed by atoms with E-state index in [0.29, 0.717) is 24.0 Å². The minimum atomic E-state index is -3.66. The lowest BCUT2D eigenvalue weighted by atomic mass is 10.2. The van der Waals surface area contributed by atoms with Gasteiger partial charge in [0.15, 0.2) is 5.13 Å². The monoisotopic (exact) mass is 445 g/mol. The third kappa shape index (κ3) is 4.05. The standard InChI is InChI=1S/C21H23N3O4S2/c1-14-6-8-17-19(12-14)29-21(22-17)23-20(25)16-13-15(7-9-18(16)28-2)30(26,27)24-10-4-3-5-11-24/h6-9,12-13H,3-5,10-11H2,1-2H3,(H,22,23,25). The van der Waals surface area contributed by atoms with E-state index in [4.69, 9.17) is 4.74 Å². The quantitative estimate of drug-likeness (QED) is 0.640. The van der Waals surface area contributed by atoms with Gasteiger partial charge in [-0.1, -0.05) is 23.8 Å². The highest BCUT2D eigenvalue weighted by Crippen LogP contribution is 2.30. The average molecular weight is 446 g/mol. The van der Waals surface area contributed by atoms with Gasteiger partial charge in [0.25, 0.3) is 5.91 Å². The van der Waals surface area contributed by atoms with Crippen LogP contribution in [0.25, 0.3) is 10.2 Å². The van der Waals surface area contributed by atoms with Crippen LogP contribution in [-0.4, -0.2) is 43.8 Å². The van der Waals surface area contributed by atoms with Crippen molar-refractivity contribution in [1.29, 1.82) is 0 Å². The number of rotatable bonds is 5. The molecule has 1 aromatic heterocycles. The first-order valence-electron chi connectivity index (χ1n) is 9.75. The lowest BCUT2D eigenvalue weighted by Crippen LogP contribution is -2.35. The molecule has 0 bridgehead atoms. The lowest BCUT2D eigenvalue weighted by Gasteiger charge is -2.26. The predicted molar refractivity (Wildman–Crippen MR) is 118 cm³/mol. The molecule has 30 heavy (non-hydrogen) atoms. The van der Waals surface area contributed by atoms with Crippen LogP contribution < -0.4 is 10.1 Å². The number of amides is 1. The summed E-state index contributed by atoms with van der Waals surface area (Å²) in [6.45, 7) is 3.00. The first-order chi connectivity index (χ1) is 14.4. The maximum Gasteiger partial charge on any atom is 0.261 e. The van der Waals surface area contributed by atoms with Crippen LogP contribution in [0.15, 0.2) is 41.3 Å². The highest BCUT2D eigenvalue weighted by molar-refractivity contribution is 7.89. The Labute approximate surface area is 179 Å². The Balaban J connectivity index is 1.64. The summed E-state index contributed by atoms with van der Waals surface area (Å²) >= 11 is 1.37. The van der Waals surface area contributed by atoms with E-state index < -0.39 is 15.9 Å². The minimum absolute atomic E-state index is 0.0928. The van der Waals surface area contributed by atoms with E-state index in [1.807, 2.05) is 25.1 Å². The van der Waals surface area contributed by atoms with Crippen LogP contribution in [0.2, 0.25) is 0 Å². The summed E-state index contributed by atoms with van der Waals surface area (Å²) in [5, 5.41) is 3.23. The van der Waals surface area contributed by atoms with Crippen LogP contribution in [0, 0.1) is 6.92 Å². The van der Waals surface area contributed by atoms with Gasteiger partial charge < -0.3 is 4.74 Å². The number of fused-ring (bicyclic) bond motifs is 1. The lowest BCUT2D eigenvalue weighted by molar-refractivity contribution is 0.102. The van der Waals surface area contributed by atoms with Crippen molar-refractivity contribution in [2.45, 2.75) is 31.1 Å². The Morgan fingerprint density at radius 3 is 2.63 bits per heavy atom.